The largest absolute Gasteiger partial charge is 0.507 e. The highest BCUT2D eigenvalue weighted by Crippen LogP contribution is 2.45. The molecule has 0 saturated carbocycles. The summed E-state index contributed by atoms with van der Waals surface area (Å²) >= 11 is 0. The summed E-state index contributed by atoms with van der Waals surface area (Å²) < 4.78 is 21.9. The van der Waals surface area contributed by atoms with E-state index in [9.17, 15) is 9.90 Å². The summed E-state index contributed by atoms with van der Waals surface area (Å²) in [6.07, 6.45) is 2.36. The Kier molecular flexibility index (Phi) is 6.11. The Morgan fingerprint density at radius 3 is 2.74 bits per heavy atom. The fourth-order valence-electron chi connectivity index (χ4n) is 4.46. The second-order valence-electron chi connectivity index (χ2n) is 8.22. The number of nitrogens with zero attached hydrogens (tertiary/aromatic N) is 1. The number of ether oxygens (including phenoxy) is 4. The number of aromatic hydroxyl groups is 1. The highest BCUT2D eigenvalue weighted by atomic mass is 16.7. The average molecular weight is 427 g/mol. The van der Waals surface area contributed by atoms with E-state index in [1.54, 1.807) is 19.2 Å². The monoisotopic (exact) mass is 427 g/mol. The fourth-order valence-corrected chi connectivity index (χ4v) is 4.46. The lowest BCUT2D eigenvalue weighted by Gasteiger charge is -2.32. The summed E-state index contributed by atoms with van der Waals surface area (Å²) in [5.41, 5.74) is 1.40. The van der Waals surface area contributed by atoms with Crippen molar-refractivity contribution in [3.63, 3.8) is 0 Å². The molecule has 1 fully saturated rings. The van der Waals surface area contributed by atoms with Crippen LogP contribution >= 0.6 is 0 Å². The van der Waals surface area contributed by atoms with Gasteiger partial charge in [0, 0.05) is 43.1 Å². The number of piperidine rings is 1. The number of hydrogen-bond acceptors (Lipinski definition) is 6. The van der Waals surface area contributed by atoms with Crippen LogP contribution in [0.4, 0.5) is 0 Å². The predicted octanol–water partition coefficient (Wildman–Crippen LogP) is 3.92. The molecule has 2 aromatic carbocycles. The van der Waals surface area contributed by atoms with Crippen LogP contribution in [0.25, 0.3) is 0 Å². The van der Waals surface area contributed by atoms with Gasteiger partial charge in [0.2, 0.25) is 12.7 Å². The lowest BCUT2D eigenvalue weighted by Crippen LogP contribution is -2.39. The molecule has 166 valence electrons. The summed E-state index contributed by atoms with van der Waals surface area (Å²) in [5.74, 6) is 2.42. The van der Waals surface area contributed by atoms with Gasteiger partial charge in [-0.1, -0.05) is 13.0 Å². The summed E-state index contributed by atoms with van der Waals surface area (Å²) in [6.45, 7) is 3.87. The Labute approximate surface area is 182 Å². The SMILES string of the molecule is COc1cc(O)c(C(CC(=O)N2CCC[C@H](C)C2)c2ccc3c(c2)OCO3)c(OC)c1. The zero-order valence-electron chi connectivity index (χ0n) is 18.2. The van der Waals surface area contributed by atoms with Crippen LogP contribution in [0.5, 0.6) is 28.7 Å². The number of carbonyl (C=O) groups excluding carboxylic acids is 1. The van der Waals surface area contributed by atoms with Crippen LogP contribution in [-0.2, 0) is 4.79 Å². The number of rotatable bonds is 6. The van der Waals surface area contributed by atoms with Crippen molar-refractivity contribution in [3.05, 3.63) is 41.5 Å². The van der Waals surface area contributed by atoms with Crippen LogP contribution in [0.2, 0.25) is 0 Å². The average Bonchev–Trinajstić information content (AvgIpc) is 3.25. The van der Waals surface area contributed by atoms with E-state index in [4.69, 9.17) is 18.9 Å². The lowest BCUT2D eigenvalue weighted by molar-refractivity contribution is -0.133. The molecule has 0 aromatic heterocycles. The maximum atomic E-state index is 13.3. The van der Waals surface area contributed by atoms with Gasteiger partial charge in [-0.15, -0.1) is 0 Å². The molecule has 2 aliphatic rings. The second kappa shape index (κ2) is 8.96. The number of amides is 1. The number of likely N-dealkylation sites (tertiary alicyclic amines) is 1. The molecule has 0 spiro atoms. The minimum absolute atomic E-state index is 0.0266. The van der Waals surface area contributed by atoms with E-state index in [-0.39, 0.29) is 24.9 Å². The molecule has 7 nitrogen and oxygen atoms in total. The molecule has 7 heteroatoms. The molecule has 2 atom stereocenters. The number of benzene rings is 2. The molecular formula is C24H29NO6. The first kappa shape index (κ1) is 21.2. The van der Waals surface area contributed by atoms with Crippen LogP contribution in [0.1, 0.15) is 43.2 Å². The molecule has 2 aliphatic heterocycles. The van der Waals surface area contributed by atoms with E-state index in [1.807, 2.05) is 23.1 Å². The topological polar surface area (TPSA) is 77.5 Å². The zero-order chi connectivity index (χ0) is 22.0. The van der Waals surface area contributed by atoms with Gasteiger partial charge in [0.15, 0.2) is 11.5 Å². The first-order valence-corrected chi connectivity index (χ1v) is 10.6. The Morgan fingerprint density at radius 1 is 1.19 bits per heavy atom. The third kappa shape index (κ3) is 4.36. The van der Waals surface area contributed by atoms with Crippen LogP contribution in [0, 0.1) is 5.92 Å². The van der Waals surface area contributed by atoms with E-state index in [0.717, 1.165) is 31.5 Å². The molecule has 1 N–H and O–H groups in total. The molecule has 1 unspecified atom stereocenters. The van der Waals surface area contributed by atoms with E-state index in [1.165, 1.54) is 7.11 Å². The van der Waals surface area contributed by atoms with E-state index in [2.05, 4.69) is 6.92 Å². The summed E-state index contributed by atoms with van der Waals surface area (Å²) in [6, 6.07) is 8.90. The molecule has 4 rings (SSSR count). The molecule has 2 aromatic rings. The van der Waals surface area contributed by atoms with Gasteiger partial charge in [-0.2, -0.15) is 0 Å². The van der Waals surface area contributed by atoms with Gasteiger partial charge in [-0.25, -0.2) is 0 Å². The minimum atomic E-state index is -0.417. The quantitative estimate of drug-likeness (QED) is 0.753. The Morgan fingerprint density at radius 2 is 2.00 bits per heavy atom. The van der Waals surface area contributed by atoms with Crippen molar-refractivity contribution >= 4 is 5.91 Å². The lowest BCUT2D eigenvalue weighted by atomic mass is 9.86. The maximum Gasteiger partial charge on any atom is 0.231 e. The van der Waals surface area contributed by atoms with Crippen molar-refractivity contribution in [3.8, 4) is 28.7 Å². The van der Waals surface area contributed by atoms with E-state index >= 15 is 0 Å². The second-order valence-corrected chi connectivity index (χ2v) is 8.22. The number of fused-ring (bicyclic) bond motifs is 1. The predicted molar refractivity (Wildman–Crippen MR) is 115 cm³/mol. The molecule has 31 heavy (non-hydrogen) atoms. The number of methoxy groups -OCH3 is 2. The minimum Gasteiger partial charge on any atom is -0.507 e. The molecule has 2 heterocycles. The highest BCUT2D eigenvalue weighted by molar-refractivity contribution is 5.78. The number of phenolic OH excluding ortho intramolecular Hbond substituents is 1. The van der Waals surface area contributed by atoms with Crippen LogP contribution in [0.3, 0.4) is 0 Å². The smallest absolute Gasteiger partial charge is 0.231 e. The zero-order valence-corrected chi connectivity index (χ0v) is 18.2. The molecule has 0 aliphatic carbocycles. The molecular weight excluding hydrogens is 398 g/mol. The molecule has 1 amide bonds. The highest BCUT2D eigenvalue weighted by Gasteiger charge is 2.30. The molecule has 0 bridgehead atoms. The number of hydrogen-bond donors (Lipinski definition) is 1. The van der Waals surface area contributed by atoms with Crippen molar-refractivity contribution in [1.29, 1.82) is 0 Å². The first-order valence-electron chi connectivity index (χ1n) is 10.6. The van der Waals surface area contributed by atoms with Crippen molar-refractivity contribution in [2.45, 2.75) is 32.1 Å². The van der Waals surface area contributed by atoms with Gasteiger partial charge in [0.05, 0.1) is 14.2 Å². The summed E-state index contributed by atoms with van der Waals surface area (Å²) in [7, 11) is 3.08. The number of carbonyl (C=O) groups is 1. The van der Waals surface area contributed by atoms with Crippen LogP contribution < -0.4 is 18.9 Å². The third-order valence-electron chi connectivity index (χ3n) is 6.09. The van der Waals surface area contributed by atoms with Gasteiger partial charge in [0.1, 0.15) is 17.2 Å². The number of phenols is 1. The van der Waals surface area contributed by atoms with Crippen molar-refractivity contribution < 1.29 is 28.8 Å². The Hall–Kier alpha value is -3.09. The summed E-state index contributed by atoms with van der Waals surface area (Å²) in [5, 5.41) is 10.9. The maximum absolute atomic E-state index is 13.3. The normalized spacial score (nSPS) is 18.5. The summed E-state index contributed by atoms with van der Waals surface area (Å²) in [4.78, 5) is 15.2. The fraction of sp³-hybridized carbons (Fsp3) is 0.458. The van der Waals surface area contributed by atoms with Crippen LogP contribution in [-0.4, -0.2) is 50.0 Å². The van der Waals surface area contributed by atoms with Gasteiger partial charge >= 0.3 is 0 Å². The van der Waals surface area contributed by atoms with Crippen LogP contribution in [0.15, 0.2) is 30.3 Å². The first-order chi connectivity index (χ1) is 15.0. The van der Waals surface area contributed by atoms with E-state index < -0.39 is 5.92 Å². The van der Waals surface area contributed by atoms with Gasteiger partial charge in [-0.05, 0) is 36.5 Å². The standard InChI is InChI=1S/C24H29NO6/c1-15-5-4-8-25(13-15)23(27)12-18(16-6-7-20-21(9-16)31-14-30-20)24-19(26)10-17(28-2)11-22(24)29-3/h6-7,9-11,15,18,26H,4-5,8,12-14H2,1-3H3/t15-,18?/m0/s1. The third-order valence-corrected chi connectivity index (χ3v) is 6.09. The van der Waals surface area contributed by atoms with Gasteiger partial charge < -0.3 is 29.0 Å². The van der Waals surface area contributed by atoms with Gasteiger partial charge in [0.25, 0.3) is 0 Å². The van der Waals surface area contributed by atoms with Gasteiger partial charge in [-0.3, -0.25) is 4.79 Å². The van der Waals surface area contributed by atoms with Crippen molar-refractivity contribution in [2.75, 3.05) is 34.1 Å². The van der Waals surface area contributed by atoms with Crippen molar-refractivity contribution in [2.24, 2.45) is 5.92 Å². The molecule has 1 saturated heterocycles. The van der Waals surface area contributed by atoms with Crippen molar-refractivity contribution in [1.82, 2.24) is 4.90 Å². The van der Waals surface area contributed by atoms with E-state index in [0.29, 0.717) is 34.5 Å². The molecule has 0 radical (unpaired) electrons. The Bertz CT molecular complexity index is 959. The Balaban J connectivity index is 1.74.